The van der Waals surface area contributed by atoms with E-state index in [0.29, 0.717) is 22.5 Å². The number of hydrogen-bond donors (Lipinski definition) is 0. The van der Waals surface area contributed by atoms with Crippen LogP contribution in [0.15, 0.2) is 82.7 Å². The maximum Gasteiger partial charge on any atom is 0.347 e. The number of benzene rings is 3. The van der Waals surface area contributed by atoms with Crippen LogP contribution in [0.1, 0.15) is 35.1 Å². The second kappa shape index (κ2) is 9.89. The predicted molar refractivity (Wildman–Crippen MR) is 149 cm³/mol. The van der Waals surface area contributed by atoms with Crippen LogP contribution in [0.2, 0.25) is 10.0 Å². The first-order valence-corrected chi connectivity index (χ1v) is 13.3. The van der Waals surface area contributed by atoms with Gasteiger partial charge in [-0.05, 0) is 59.4 Å². The van der Waals surface area contributed by atoms with E-state index in [1.165, 1.54) is 15.8 Å². The molecule has 38 heavy (non-hydrogen) atoms. The minimum atomic E-state index is -0.351. The highest BCUT2D eigenvalue weighted by Crippen LogP contribution is 2.46. The quantitative estimate of drug-likeness (QED) is 0.303. The summed E-state index contributed by atoms with van der Waals surface area (Å²) < 4.78 is 2.97. The molecule has 2 aliphatic rings. The molecule has 7 nitrogen and oxygen atoms in total. The van der Waals surface area contributed by atoms with Gasteiger partial charge in [0, 0.05) is 23.0 Å². The number of anilines is 1. The number of hydrogen-bond acceptors (Lipinski definition) is 5. The van der Waals surface area contributed by atoms with Crippen LogP contribution in [0.25, 0.3) is 0 Å². The third kappa shape index (κ3) is 4.25. The summed E-state index contributed by atoms with van der Waals surface area (Å²) in [5.41, 5.74) is 4.73. The molecule has 0 unspecified atom stereocenters. The Kier molecular flexibility index (Phi) is 6.41. The average molecular weight is 546 g/mol. The highest BCUT2D eigenvalue weighted by Gasteiger charge is 2.49. The molecular formula is C29H25Cl2N5O2. The van der Waals surface area contributed by atoms with Crippen LogP contribution >= 0.6 is 23.2 Å². The molecule has 3 aromatic carbocycles. The summed E-state index contributed by atoms with van der Waals surface area (Å²) in [7, 11) is 0. The predicted octanol–water partition coefficient (Wildman–Crippen LogP) is 5.10. The van der Waals surface area contributed by atoms with E-state index in [9.17, 15) is 9.59 Å². The van der Waals surface area contributed by atoms with Gasteiger partial charge in [0.1, 0.15) is 6.29 Å². The van der Waals surface area contributed by atoms with Crippen molar-refractivity contribution in [2.24, 2.45) is 5.10 Å². The summed E-state index contributed by atoms with van der Waals surface area (Å²) in [4.78, 5) is 24.7. The monoisotopic (exact) mass is 545 g/mol. The summed E-state index contributed by atoms with van der Waals surface area (Å²) in [5, 5.41) is 12.9. The highest BCUT2D eigenvalue weighted by atomic mass is 35.5. The molecule has 2 heterocycles. The first-order chi connectivity index (χ1) is 18.5. The largest absolute Gasteiger partial charge is 0.347 e. The van der Waals surface area contributed by atoms with Gasteiger partial charge < -0.3 is 4.79 Å². The van der Waals surface area contributed by atoms with Crippen LogP contribution in [-0.4, -0.2) is 32.9 Å². The molecule has 1 aromatic heterocycles. The first kappa shape index (κ1) is 24.6. The Balaban J connectivity index is 1.46. The van der Waals surface area contributed by atoms with Crippen molar-refractivity contribution in [1.82, 2.24) is 14.3 Å². The topological polar surface area (TPSA) is 72.5 Å². The zero-order chi connectivity index (χ0) is 26.3. The van der Waals surface area contributed by atoms with Gasteiger partial charge in [0.15, 0.2) is 0 Å². The summed E-state index contributed by atoms with van der Waals surface area (Å²) >= 11 is 12.2. The maximum atomic E-state index is 13.5. The van der Waals surface area contributed by atoms with E-state index in [-0.39, 0.29) is 30.6 Å². The van der Waals surface area contributed by atoms with Gasteiger partial charge in [-0.2, -0.15) is 5.10 Å². The molecule has 1 aliphatic carbocycles. The molecule has 192 valence electrons. The number of nitrogens with zero attached hydrogens (tertiary/aromatic N) is 5. The Hall–Kier alpha value is -3.68. The van der Waals surface area contributed by atoms with Gasteiger partial charge in [0.2, 0.25) is 5.95 Å². The fourth-order valence-corrected chi connectivity index (χ4v) is 5.85. The van der Waals surface area contributed by atoms with Crippen molar-refractivity contribution >= 4 is 41.1 Å². The normalized spacial score (nSPS) is 18.2. The van der Waals surface area contributed by atoms with Crippen LogP contribution in [0.5, 0.6) is 0 Å². The van der Waals surface area contributed by atoms with Gasteiger partial charge in [0.25, 0.3) is 0 Å². The summed E-state index contributed by atoms with van der Waals surface area (Å²) in [6.07, 6.45) is 2.86. The molecule has 0 amide bonds. The molecule has 6 rings (SSSR count). The Morgan fingerprint density at radius 3 is 2.39 bits per heavy atom. The van der Waals surface area contributed by atoms with Crippen molar-refractivity contribution in [3.05, 3.63) is 116 Å². The molecule has 9 heteroatoms. The van der Waals surface area contributed by atoms with Gasteiger partial charge in [-0.3, -0.25) is 4.57 Å². The molecule has 4 aromatic rings. The van der Waals surface area contributed by atoms with E-state index in [4.69, 9.17) is 33.4 Å². The third-order valence-electron chi connectivity index (χ3n) is 7.42. The molecule has 0 N–H and O–H groups in total. The number of hydrazone groups is 1. The zero-order valence-corrected chi connectivity index (χ0v) is 22.1. The lowest BCUT2D eigenvalue weighted by Crippen LogP contribution is -2.37. The fraction of sp³-hybridized carbons (Fsp3) is 0.241. The van der Waals surface area contributed by atoms with Crippen molar-refractivity contribution in [3.63, 3.8) is 0 Å². The smallest absolute Gasteiger partial charge is 0.303 e. The Labute approximate surface area is 229 Å². The third-order valence-corrected chi connectivity index (χ3v) is 7.92. The standard InChI is InChI=1S/C29H25Cl2N5O2/c30-23-10-6-20(7-11-23)18-35-28(38)34(16-3-17-37)27(33-35)36-19-29(15-14-21-4-1-2-5-25(21)29)26(32-36)22-8-12-24(31)13-9-22/h1-2,4-13,17H,3,14-16,18-19H2/t29-/m0/s1. The lowest BCUT2D eigenvalue weighted by molar-refractivity contribution is -0.108. The molecule has 1 aliphatic heterocycles. The number of rotatable bonds is 7. The second-order valence-electron chi connectivity index (χ2n) is 9.73. The number of aryl methyl sites for hydroxylation is 1. The molecule has 0 bridgehead atoms. The number of carbonyl (C=O) groups excluding carboxylic acids is 1. The van der Waals surface area contributed by atoms with Crippen molar-refractivity contribution < 1.29 is 4.79 Å². The molecule has 0 radical (unpaired) electrons. The number of carbonyl (C=O) groups is 1. The Morgan fingerprint density at radius 2 is 1.66 bits per heavy atom. The number of aldehydes is 1. The maximum absolute atomic E-state index is 13.5. The molecule has 0 saturated heterocycles. The van der Waals surface area contributed by atoms with Crippen LogP contribution in [0.3, 0.4) is 0 Å². The van der Waals surface area contributed by atoms with Crippen molar-refractivity contribution in [3.8, 4) is 0 Å². The van der Waals surface area contributed by atoms with Gasteiger partial charge in [-0.25, -0.2) is 14.5 Å². The lowest BCUT2D eigenvalue weighted by atomic mass is 9.75. The van der Waals surface area contributed by atoms with E-state index < -0.39 is 0 Å². The molecule has 1 atom stereocenters. The SMILES string of the molecule is O=CCCn1c(N2C[C@]3(CCc4ccccc43)C(c3ccc(Cl)cc3)=N2)nn(Cc2ccc(Cl)cc2)c1=O. The van der Waals surface area contributed by atoms with E-state index in [1.807, 2.05) is 41.4 Å². The number of fused-ring (bicyclic) bond motifs is 2. The van der Waals surface area contributed by atoms with Gasteiger partial charge in [-0.1, -0.05) is 71.7 Å². The van der Waals surface area contributed by atoms with Gasteiger partial charge >= 0.3 is 5.69 Å². The zero-order valence-electron chi connectivity index (χ0n) is 20.6. The van der Waals surface area contributed by atoms with Crippen molar-refractivity contribution in [2.45, 2.75) is 37.8 Å². The number of aromatic nitrogens is 3. The van der Waals surface area contributed by atoms with Gasteiger partial charge in [-0.15, -0.1) is 5.10 Å². The minimum absolute atomic E-state index is 0.203. The van der Waals surface area contributed by atoms with Crippen LogP contribution in [0.4, 0.5) is 5.95 Å². The second-order valence-corrected chi connectivity index (χ2v) is 10.6. The van der Waals surface area contributed by atoms with Crippen molar-refractivity contribution in [2.75, 3.05) is 11.6 Å². The van der Waals surface area contributed by atoms with E-state index in [1.54, 1.807) is 16.7 Å². The molecule has 0 fully saturated rings. The molecule has 1 spiro atoms. The summed E-state index contributed by atoms with van der Waals surface area (Å²) in [6, 6.07) is 23.5. The van der Waals surface area contributed by atoms with Crippen molar-refractivity contribution in [1.29, 1.82) is 0 Å². The molecular weight excluding hydrogens is 521 g/mol. The highest BCUT2D eigenvalue weighted by molar-refractivity contribution is 6.31. The van der Waals surface area contributed by atoms with Crippen LogP contribution in [0, 0.1) is 0 Å². The minimum Gasteiger partial charge on any atom is -0.303 e. The summed E-state index contributed by atoms with van der Waals surface area (Å²) in [5.74, 6) is 0.429. The van der Waals surface area contributed by atoms with Crippen LogP contribution < -0.4 is 10.7 Å². The van der Waals surface area contributed by atoms with Crippen LogP contribution in [-0.2, 0) is 29.7 Å². The average Bonchev–Trinajstić information content (AvgIpc) is 3.59. The van der Waals surface area contributed by atoms with E-state index in [0.717, 1.165) is 36.0 Å². The fourth-order valence-electron chi connectivity index (χ4n) is 5.60. The Bertz CT molecular complexity index is 1590. The first-order valence-electron chi connectivity index (χ1n) is 12.6. The lowest BCUT2D eigenvalue weighted by Gasteiger charge is -2.27. The van der Waals surface area contributed by atoms with Gasteiger partial charge in [0.05, 0.1) is 24.2 Å². The van der Waals surface area contributed by atoms with E-state index >= 15 is 0 Å². The van der Waals surface area contributed by atoms with E-state index in [2.05, 4.69) is 24.3 Å². The molecule has 0 saturated carbocycles. The Morgan fingerprint density at radius 1 is 0.947 bits per heavy atom. The summed E-state index contributed by atoms with van der Waals surface area (Å²) in [6.45, 7) is 1.05. The number of halogens is 2.